The Morgan fingerprint density at radius 2 is 1.31 bits per heavy atom. The molecule has 2 unspecified atom stereocenters. The Hall–Kier alpha value is -0.0400. The minimum absolute atomic E-state index is 0.751. The molecule has 0 spiro atoms. The van der Waals surface area contributed by atoms with Crippen LogP contribution >= 0.6 is 0 Å². The van der Waals surface area contributed by atoms with Gasteiger partial charge in [0, 0.05) is 12.1 Å². The van der Waals surface area contributed by atoms with Gasteiger partial charge in [0.2, 0.25) is 0 Å². The quantitative estimate of drug-likeness (QED) is 0.664. The van der Waals surface area contributed by atoms with Gasteiger partial charge in [0.1, 0.15) is 0 Å². The van der Waals surface area contributed by atoms with E-state index in [1.165, 1.54) is 38.5 Å². The van der Waals surface area contributed by atoms with Crippen molar-refractivity contribution >= 4 is 0 Å². The molecule has 1 nitrogen and oxygen atoms in total. The lowest BCUT2D eigenvalue weighted by Crippen LogP contribution is -2.35. The molecule has 0 aromatic heterocycles. The van der Waals surface area contributed by atoms with E-state index in [0.717, 1.165) is 23.9 Å². The molecular formula is C12H23N. The summed E-state index contributed by atoms with van der Waals surface area (Å²) in [6.07, 6.45) is 8.78. The molecule has 76 valence electrons. The Bertz CT molecular complexity index is 141. The Morgan fingerprint density at radius 1 is 0.923 bits per heavy atom. The van der Waals surface area contributed by atoms with Crippen LogP contribution in [0.3, 0.4) is 0 Å². The average molecular weight is 181 g/mol. The Morgan fingerprint density at radius 3 is 1.62 bits per heavy atom. The first-order valence-corrected chi connectivity index (χ1v) is 6.00. The maximum atomic E-state index is 3.72. The lowest BCUT2D eigenvalue weighted by molar-refractivity contribution is 0.403. The van der Waals surface area contributed by atoms with Crippen molar-refractivity contribution in [3.8, 4) is 0 Å². The molecule has 0 bridgehead atoms. The Labute approximate surface area is 82.3 Å². The topological polar surface area (TPSA) is 12.0 Å². The van der Waals surface area contributed by atoms with Crippen molar-refractivity contribution in [2.24, 2.45) is 11.8 Å². The first kappa shape index (κ1) is 9.51. The molecule has 0 radical (unpaired) electrons. The summed E-state index contributed by atoms with van der Waals surface area (Å²) in [5, 5.41) is 3.72. The molecule has 13 heavy (non-hydrogen) atoms. The minimum Gasteiger partial charge on any atom is -0.312 e. The zero-order chi connectivity index (χ0) is 9.26. The molecule has 0 aromatic rings. The van der Waals surface area contributed by atoms with Crippen LogP contribution in [0.5, 0.6) is 0 Å². The van der Waals surface area contributed by atoms with Gasteiger partial charge in [-0.15, -0.1) is 0 Å². The fourth-order valence-corrected chi connectivity index (χ4v) is 2.33. The van der Waals surface area contributed by atoms with Crippen LogP contribution < -0.4 is 5.32 Å². The third kappa shape index (κ3) is 3.68. The van der Waals surface area contributed by atoms with E-state index >= 15 is 0 Å². The highest BCUT2D eigenvalue weighted by Gasteiger charge is 2.26. The van der Waals surface area contributed by atoms with E-state index in [4.69, 9.17) is 0 Å². The third-order valence-electron chi connectivity index (χ3n) is 3.34. The summed E-state index contributed by atoms with van der Waals surface area (Å²) in [6, 6.07) is 1.50. The van der Waals surface area contributed by atoms with Crippen LogP contribution in [-0.4, -0.2) is 12.1 Å². The van der Waals surface area contributed by atoms with Gasteiger partial charge in [-0.25, -0.2) is 0 Å². The van der Waals surface area contributed by atoms with Gasteiger partial charge in [-0.1, -0.05) is 25.7 Å². The molecule has 0 saturated heterocycles. The van der Waals surface area contributed by atoms with Crippen LogP contribution in [0.25, 0.3) is 0 Å². The average Bonchev–Trinajstić information content (AvgIpc) is 2.81. The summed E-state index contributed by atoms with van der Waals surface area (Å²) < 4.78 is 0. The molecule has 1 heteroatoms. The number of hydrogen-bond acceptors (Lipinski definition) is 1. The number of hydrogen-bond donors (Lipinski definition) is 1. The van der Waals surface area contributed by atoms with Gasteiger partial charge in [-0.05, 0) is 38.5 Å². The second-order valence-corrected chi connectivity index (χ2v) is 5.33. The fourth-order valence-electron chi connectivity index (χ4n) is 2.33. The number of nitrogens with one attached hydrogen (secondary N) is 1. The van der Waals surface area contributed by atoms with Crippen LogP contribution in [0.2, 0.25) is 0 Å². The van der Waals surface area contributed by atoms with Gasteiger partial charge in [-0.2, -0.15) is 0 Å². The molecule has 2 aliphatic rings. The summed E-state index contributed by atoms with van der Waals surface area (Å²) in [7, 11) is 0. The standard InChI is InChI=1S/C12H23N/c1-9(7-11-3-4-11)13-10(2)8-12-5-6-12/h9-13H,3-8H2,1-2H3. The first-order valence-electron chi connectivity index (χ1n) is 6.00. The normalized spacial score (nSPS) is 27.2. The Balaban J connectivity index is 1.57. The van der Waals surface area contributed by atoms with Crippen molar-refractivity contribution in [1.29, 1.82) is 0 Å². The minimum atomic E-state index is 0.751. The molecule has 0 aromatic carbocycles. The SMILES string of the molecule is CC(CC1CC1)NC(C)CC1CC1. The maximum Gasteiger partial charge on any atom is 0.00438 e. The van der Waals surface area contributed by atoms with E-state index in [9.17, 15) is 0 Å². The summed E-state index contributed by atoms with van der Waals surface area (Å²) in [6.45, 7) is 4.70. The van der Waals surface area contributed by atoms with Gasteiger partial charge in [0.25, 0.3) is 0 Å². The third-order valence-corrected chi connectivity index (χ3v) is 3.34. The van der Waals surface area contributed by atoms with Gasteiger partial charge in [0.15, 0.2) is 0 Å². The zero-order valence-electron chi connectivity index (χ0n) is 9.05. The molecule has 2 rings (SSSR count). The molecule has 2 aliphatic carbocycles. The zero-order valence-corrected chi connectivity index (χ0v) is 9.05. The van der Waals surface area contributed by atoms with E-state index in [-0.39, 0.29) is 0 Å². The van der Waals surface area contributed by atoms with Crippen LogP contribution in [0.4, 0.5) is 0 Å². The Kier molecular flexibility index (Phi) is 2.92. The molecule has 0 heterocycles. The molecule has 0 amide bonds. The molecule has 2 fully saturated rings. The molecule has 1 N–H and O–H groups in total. The molecule has 0 aliphatic heterocycles. The van der Waals surface area contributed by atoms with Crippen molar-refractivity contribution < 1.29 is 0 Å². The van der Waals surface area contributed by atoms with Crippen molar-refractivity contribution in [2.45, 2.75) is 64.5 Å². The summed E-state index contributed by atoms with van der Waals surface area (Å²) in [4.78, 5) is 0. The lowest BCUT2D eigenvalue weighted by Gasteiger charge is -2.19. The predicted molar refractivity (Wildman–Crippen MR) is 56.7 cm³/mol. The molecule has 2 atom stereocenters. The monoisotopic (exact) mass is 181 g/mol. The highest BCUT2D eigenvalue weighted by atomic mass is 14.9. The van der Waals surface area contributed by atoms with Crippen molar-refractivity contribution in [2.75, 3.05) is 0 Å². The van der Waals surface area contributed by atoms with Gasteiger partial charge >= 0.3 is 0 Å². The van der Waals surface area contributed by atoms with Crippen LogP contribution in [0, 0.1) is 11.8 Å². The fraction of sp³-hybridized carbons (Fsp3) is 1.00. The van der Waals surface area contributed by atoms with Crippen LogP contribution in [0.1, 0.15) is 52.4 Å². The number of rotatable bonds is 6. The summed E-state index contributed by atoms with van der Waals surface area (Å²) >= 11 is 0. The van der Waals surface area contributed by atoms with E-state index in [1.54, 1.807) is 0 Å². The lowest BCUT2D eigenvalue weighted by atomic mass is 10.1. The second-order valence-electron chi connectivity index (χ2n) is 5.33. The smallest absolute Gasteiger partial charge is 0.00438 e. The van der Waals surface area contributed by atoms with Crippen molar-refractivity contribution in [1.82, 2.24) is 5.32 Å². The van der Waals surface area contributed by atoms with Gasteiger partial charge < -0.3 is 5.32 Å². The van der Waals surface area contributed by atoms with E-state index in [2.05, 4.69) is 19.2 Å². The molecular weight excluding hydrogens is 158 g/mol. The van der Waals surface area contributed by atoms with E-state index in [1.807, 2.05) is 0 Å². The molecule has 2 saturated carbocycles. The predicted octanol–water partition coefficient (Wildman–Crippen LogP) is 2.95. The largest absolute Gasteiger partial charge is 0.312 e. The highest BCUT2D eigenvalue weighted by Crippen LogP contribution is 2.35. The maximum absolute atomic E-state index is 3.72. The van der Waals surface area contributed by atoms with Gasteiger partial charge in [0.05, 0.1) is 0 Å². The summed E-state index contributed by atoms with van der Waals surface area (Å²) in [5.41, 5.74) is 0. The van der Waals surface area contributed by atoms with Crippen LogP contribution in [-0.2, 0) is 0 Å². The second kappa shape index (κ2) is 4.00. The van der Waals surface area contributed by atoms with Crippen molar-refractivity contribution in [3.63, 3.8) is 0 Å². The van der Waals surface area contributed by atoms with E-state index < -0.39 is 0 Å². The van der Waals surface area contributed by atoms with Crippen LogP contribution in [0.15, 0.2) is 0 Å². The van der Waals surface area contributed by atoms with Gasteiger partial charge in [-0.3, -0.25) is 0 Å². The summed E-state index contributed by atoms with van der Waals surface area (Å²) in [5.74, 6) is 2.13. The highest BCUT2D eigenvalue weighted by molar-refractivity contribution is 4.82. The first-order chi connectivity index (χ1) is 6.24. The van der Waals surface area contributed by atoms with E-state index in [0.29, 0.717) is 0 Å². The van der Waals surface area contributed by atoms with Crippen molar-refractivity contribution in [3.05, 3.63) is 0 Å².